The van der Waals surface area contributed by atoms with Gasteiger partial charge in [0.2, 0.25) is 0 Å². The Morgan fingerprint density at radius 2 is 1.31 bits per heavy atom. The number of hydrogen-bond donors (Lipinski definition) is 0. The van der Waals surface area contributed by atoms with Crippen molar-refractivity contribution >= 4 is 94.3 Å². The minimum Gasteiger partial charge on any atom is -0.487 e. The van der Waals surface area contributed by atoms with Crippen molar-refractivity contribution in [1.29, 1.82) is 0 Å². The van der Waals surface area contributed by atoms with Crippen LogP contribution >= 0.6 is 56.7 Å². The largest absolute Gasteiger partial charge is 0.487 e. The fourth-order valence-corrected chi connectivity index (χ4v) is 10.1. The second kappa shape index (κ2) is 6.95. The van der Waals surface area contributed by atoms with Gasteiger partial charge in [0, 0.05) is 12.1 Å². The summed E-state index contributed by atoms with van der Waals surface area (Å²) >= 11 is 9.33. The highest BCUT2D eigenvalue weighted by Crippen LogP contribution is 2.54. The van der Waals surface area contributed by atoms with Crippen LogP contribution in [-0.2, 0) is 0 Å². The molecule has 0 aliphatic rings. The molecular weight excluding hydrogens is 421 g/mol. The van der Waals surface area contributed by atoms with E-state index in [0.717, 1.165) is 23.2 Å². The van der Waals surface area contributed by atoms with Gasteiger partial charge < -0.3 is 9.47 Å². The molecule has 2 nitrogen and oxygen atoms in total. The molecule has 0 saturated heterocycles. The summed E-state index contributed by atoms with van der Waals surface area (Å²) in [6.07, 6.45) is 4.99. The van der Waals surface area contributed by atoms with E-state index >= 15 is 0 Å². The molecule has 0 fully saturated rings. The molecule has 0 N–H and O–H groups in total. The summed E-state index contributed by atoms with van der Waals surface area (Å²) < 4.78 is 22.7. The van der Waals surface area contributed by atoms with Crippen molar-refractivity contribution in [3.8, 4) is 10.1 Å². The van der Waals surface area contributed by atoms with Crippen molar-refractivity contribution in [3.63, 3.8) is 0 Å². The van der Waals surface area contributed by atoms with Gasteiger partial charge in [0.1, 0.15) is 0 Å². The molecule has 0 aliphatic carbocycles. The predicted molar refractivity (Wildman–Crippen MR) is 122 cm³/mol. The fourth-order valence-electron chi connectivity index (χ4n) is 3.15. The monoisotopic (exact) mass is 438 g/mol. The first-order valence-corrected chi connectivity index (χ1v) is 12.8. The zero-order valence-corrected chi connectivity index (χ0v) is 18.6. The average molecular weight is 439 g/mol. The van der Waals surface area contributed by atoms with Gasteiger partial charge in [0.05, 0.1) is 51.3 Å². The van der Waals surface area contributed by atoms with Crippen LogP contribution in [0.4, 0.5) is 0 Å². The van der Waals surface area contributed by atoms with Crippen molar-refractivity contribution < 1.29 is 9.47 Å². The predicted octanol–water partition coefficient (Wildman–Crippen LogP) is 8.57. The van der Waals surface area contributed by atoms with E-state index in [2.05, 4.69) is 19.1 Å². The van der Waals surface area contributed by atoms with E-state index < -0.39 is 0 Å². The molecule has 0 bridgehead atoms. The second-order valence-corrected chi connectivity index (χ2v) is 11.4. The fraction of sp³-hybridized carbons (Fsp3) is 0.368. The van der Waals surface area contributed by atoms with Crippen molar-refractivity contribution in [2.75, 3.05) is 13.7 Å². The van der Waals surface area contributed by atoms with Crippen LogP contribution in [0.25, 0.3) is 37.6 Å². The van der Waals surface area contributed by atoms with E-state index in [1.807, 2.05) is 45.3 Å². The maximum absolute atomic E-state index is 6.01. The zero-order valence-electron chi connectivity index (χ0n) is 14.5. The molecule has 7 heteroatoms. The van der Waals surface area contributed by atoms with E-state index in [1.165, 1.54) is 56.9 Å². The van der Waals surface area contributed by atoms with Crippen molar-refractivity contribution in [2.45, 2.75) is 32.6 Å². The Balaban J connectivity index is 1.49. The molecule has 5 aromatic heterocycles. The third kappa shape index (κ3) is 2.76. The summed E-state index contributed by atoms with van der Waals surface area (Å²) in [5.74, 6) is 0. The number of unbranched alkanes of at least 4 members (excludes halogenated alkanes) is 3. The summed E-state index contributed by atoms with van der Waals surface area (Å²) in [6, 6.07) is 4.41. The van der Waals surface area contributed by atoms with Crippen LogP contribution in [0.5, 0.6) is 10.1 Å². The van der Waals surface area contributed by atoms with E-state index in [-0.39, 0.29) is 0 Å². The summed E-state index contributed by atoms with van der Waals surface area (Å²) in [6.45, 7) is 3.08. The minimum absolute atomic E-state index is 0.839. The molecule has 136 valence electrons. The van der Waals surface area contributed by atoms with Gasteiger partial charge in [0.15, 0.2) is 10.1 Å². The summed E-state index contributed by atoms with van der Waals surface area (Å²) in [7, 11) is 1.75. The molecule has 26 heavy (non-hydrogen) atoms. The molecule has 0 aromatic carbocycles. The Labute approximate surface area is 171 Å². The minimum atomic E-state index is 0.839. The van der Waals surface area contributed by atoms with Crippen LogP contribution in [0.2, 0.25) is 0 Å². The summed E-state index contributed by atoms with van der Waals surface area (Å²) in [4.78, 5) is 0. The van der Waals surface area contributed by atoms with Crippen LogP contribution in [0.1, 0.15) is 32.6 Å². The van der Waals surface area contributed by atoms with Gasteiger partial charge in [-0.05, 0) is 6.42 Å². The van der Waals surface area contributed by atoms with Gasteiger partial charge in [-0.3, -0.25) is 0 Å². The van der Waals surface area contributed by atoms with Gasteiger partial charge in [-0.1, -0.05) is 48.9 Å². The number of ether oxygens (including phenoxy) is 2. The molecular formula is C19H18O2S5. The number of methoxy groups -OCH3 is 1. The maximum Gasteiger partial charge on any atom is 0.175 e. The quantitative estimate of drug-likeness (QED) is 0.237. The zero-order chi connectivity index (χ0) is 17.7. The Morgan fingerprint density at radius 3 is 1.96 bits per heavy atom. The summed E-state index contributed by atoms with van der Waals surface area (Å²) in [5, 5.41) is 2.08. The lowest BCUT2D eigenvalue weighted by Crippen LogP contribution is -1.94. The molecule has 0 amide bonds. The standard InChI is InChI=1S/C19H18O2S5/c1-3-4-5-6-7-21-13-9-11-15(25-13)17-19(23-11)18-16(26-17)14-10(22-18)8-12(20-2)24-14/h8-9H,3-7H2,1-2H3. The van der Waals surface area contributed by atoms with E-state index in [4.69, 9.17) is 9.47 Å². The molecule has 0 radical (unpaired) electrons. The van der Waals surface area contributed by atoms with Crippen molar-refractivity contribution in [1.82, 2.24) is 0 Å². The lowest BCUT2D eigenvalue weighted by molar-refractivity contribution is 0.314. The first-order valence-electron chi connectivity index (χ1n) is 8.76. The number of fused-ring (bicyclic) bond motifs is 7. The van der Waals surface area contributed by atoms with Crippen molar-refractivity contribution in [2.24, 2.45) is 0 Å². The summed E-state index contributed by atoms with van der Waals surface area (Å²) in [5.41, 5.74) is 0. The third-order valence-electron chi connectivity index (χ3n) is 4.45. The molecule has 0 aliphatic heterocycles. The topological polar surface area (TPSA) is 18.5 Å². The van der Waals surface area contributed by atoms with Crippen LogP contribution in [0.15, 0.2) is 12.1 Å². The van der Waals surface area contributed by atoms with Gasteiger partial charge in [-0.25, -0.2) is 0 Å². The SMILES string of the molecule is CCCCCCOc1cc2sc3c(sc4c5sc(OC)cc5sc43)c2s1. The highest BCUT2D eigenvalue weighted by Gasteiger charge is 2.20. The average Bonchev–Trinajstić information content (AvgIpc) is 3.38. The first kappa shape index (κ1) is 17.3. The Hall–Kier alpha value is -0.860. The van der Waals surface area contributed by atoms with Gasteiger partial charge in [-0.15, -0.1) is 34.0 Å². The lowest BCUT2D eigenvalue weighted by atomic mass is 10.2. The Kier molecular flexibility index (Phi) is 4.61. The Bertz CT molecular complexity index is 1200. The first-order chi connectivity index (χ1) is 12.8. The normalized spacial score (nSPS) is 12.2. The number of thiophene rings is 5. The van der Waals surface area contributed by atoms with Gasteiger partial charge >= 0.3 is 0 Å². The Morgan fingerprint density at radius 1 is 0.692 bits per heavy atom. The van der Waals surface area contributed by atoms with Crippen LogP contribution < -0.4 is 9.47 Å². The highest BCUT2D eigenvalue weighted by atomic mass is 32.1. The second-order valence-electron chi connectivity index (χ2n) is 6.25. The molecule has 0 unspecified atom stereocenters. The van der Waals surface area contributed by atoms with Gasteiger partial charge in [0.25, 0.3) is 0 Å². The maximum atomic E-state index is 6.01. The third-order valence-corrected chi connectivity index (χ3v) is 11.1. The molecule has 5 rings (SSSR count). The van der Waals surface area contributed by atoms with Crippen molar-refractivity contribution in [3.05, 3.63) is 12.1 Å². The number of rotatable bonds is 7. The highest BCUT2D eigenvalue weighted by molar-refractivity contribution is 7.48. The van der Waals surface area contributed by atoms with E-state index in [9.17, 15) is 0 Å². The van der Waals surface area contributed by atoms with Crippen LogP contribution in [0.3, 0.4) is 0 Å². The smallest absolute Gasteiger partial charge is 0.175 e. The van der Waals surface area contributed by atoms with Gasteiger partial charge in [-0.2, -0.15) is 0 Å². The van der Waals surface area contributed by atoms with E-state index in [1.54, 1.807) is 18.4 Å². The number of hydrogen-bond acceptors (Lipinski definition) is 7. The van der Waals surface area contributed by atoms with Crippen LogP contribution in [0, 0.1) is 0 Å². The van der Waals surface area contributed by atoms with Crippen LogP contribution in [-0.4, -0.2) is 13.7 Å². The molecule has 0 spiro atoms. The molecule has 0 atom stereocenters. The lowest BCUT2D eigenvalue weighted by Gasteiger charge is -2.01. The van der Waals surface area contributed by atoms with E-state index in [0.29, 0.717) is 0 Å². The molecule has 5 heterocycles. The molecule has 0 saturated carbocycles. The molecule has 5 aromatic rings.